The standard InChI is InChI=1S/C11H7ClN2/c1-7-3-2-4-9-10(12)8(5-13)6-14-11(7)9/h2-4,6H,1H3. The predicted molar refractivity (Wildman–Crippen MR) is 56.2 cm³/mol. The SMILES string of the molecule is Cc1cccc2c(Cl)c(C#N)cnc12. The monoisotopic (exact) mass is 202 g/mol. The molecule has 0 aliphatic carbocycles. The van der Waals surface area contributed by atoms with Crippen LogP contribution in [0.3, 0.4) is 0 Å². The van der Waals surface area contributed by atoms with Crippen LogP contribution in [0.1, 0.15) is 11.1 Å². The highest BCUT2D eigenvalue weighted by Gasteiger charge is 2.06. The lowest BCUT2D eigenvalue weighted by molar-refractivity contribution is 1.34. The second-order valence-electron chi connectivity index (χ2n) is 3.07. The van der Waals surface area contributed by atoms with E-state index < -0.39 is 0 Å². The maximum atomic E-state index is 8.77. The van der Waals surface area contributed by atoms with Gasteiger partial charge >= 0.3 is 0 Å². The number of nitriles is 1. The topological polar surface area (TPSA) is 36.7 Å². The first-order chi connectivity index (χ1) is 6.74. The summed E-state index contributed by atoms with van der Waals surface area (Å²) < 4.78 is 0. The fraction of sp³-hybridized carbons (Fsp3) is 0.0909. The van der Waals surface area contributed by atoms with Crippen molar-refractivity contribution in [2.45, 2.75) is 6.92 Å². The minimum atomic E-state index is 0.421. The molecule has 0 unspecified atom stereocenters. The summed E-state index contributed by atoms with van der Waals surface area (Å²) in [6.07, 6.45) is 1.51. The first kappa shape index (κ1) is 8.98. The number of hydrogen-bond acceptors (Lipinski definition) is 2. The van der Waals surface area contributed by atoms with Crippen molar-refractivity contribution in [1.29, 1.82) is 5.26 Å². The van der Waals surface area contributed by atoms with E-state index in [9.17, 15) is 0 Å². The average Bonchev–Trinajstić information content (AvgIpc) is 2.20. The van der Waals surface area contributed by atoms with E-state index in [1.807, 2.05) is 31.2 Å². The smallest absolute Gasteiger partial charge is 0.102 e. The molecule has 68 valence electrons. The highest BCUT2D eigenvalue weighted by Crippen LogP contribution is 2.26. The summed E-state index contributed by atoms with van der Waals surface area (Å²) in [6, 6.07) is 7.76. The molecule has 2 aromatic rings. The number of aromatic nitrogens is 1. The van der Waals surface area contributed by atoms with Crippen molar-refractivity contribution in [3.63, 3.8) is 0 Å². The van der Waals surface area contributed by atoms with E-state index in [4.69, 9.17) is 16.9 Å². The molecular weight excluding hydrogens is 196 g/mol. The van der Waals surface area contributed by atoms with Crippen LogP contribution in [-0.4, -0.2) is 4.98 Å². The summed E-state index contributed by atoms with van der Waals surface area (Å²) in [5.41, 5.74) is 2.34. The molecule has 0 bridgehead atoms. The summed E-state index contributed by atoms with van der Waals surface area (Å²) >= 11 is 6.05. The maximum Gasteiger partial charge on any atom is 0.102 e. The Hall–Kier alpha value is -1.59. The zero-order valence-corrected chi connectivity index (χ0v) is 8.34. The van der Waals surface area contributed by atoms with E-state index in [0.29, 0.717) is 10.6 Å². The molecule has 0 saturated carbocycles. The van der Waals surface area contributed by atoms with Crippen LogP contribution in [0.5, 0.6) is 0 Å². The van der Waals surface area contributed by atoms with Gasteiger partial charge in [-0.1, -0.05) is 29.8 Å². The Bertz CT molecular complexity index is 541. The lowest BCUT2D eigenvalue weighted by Crippen LogP contribution is -1.87. The predicted octanol–water partition coefficient (Wildman–Crippen LogP) is 3.07. The fourth-order valence-electron chi connectivity index (χ4n) is 1.42. The van der Waals surface area contributed by atoms with Crippen LogP contribution in [0, 0.1) is 18.3 Å². The summed E-state index contributed by atoms with van der Waals surface area (Å²) in [7, 11) is 0. The van der Waals surface area contributed by atoms with Gasteiger partial charge in [-0.25, -0.2) is 0 Å². The van der Waals surface area contributed by atoms with Crippen LogP contribution in [0.15, 0.2) is 24.4 Å². The van der Waals surface area contributed by atoms with Gasteiger partial charge in [0, 0.05) is 11.6 Å². The van der Waals surface area contributed by atoms with Crippen molar-refractivity contribution < 1.29 is 0 Å². The Morgan fingerprint density at radius 3 is 2.93 bits per heavy atom. The molecule has 0 aliphatic heterocycles. The van der Waals surface area contributed by atoms with Gasteiger partial charge in [0.25, 0.3) is 0 Å². The van der Waals surface area contributed by atoms with Crippen LogP contribution in [-0.2, 0) is 0 Å². The highest BCUT2D eigenvalue weighted by molar-refractivity contribution is 6.36. The van der Waals surface area contributed by atoms with Crippen LogP contribution in [0.25, 0.3) is 10.9 Å². The summed E-state index contributed by atoms with van der Waals surface area (Å²) in [5, 5.41) is 10.1. The van der Waals surface area contributed by atoms with Gasteiger partial charge in [0.2, 0.25) is 0 Å². The Labute approximate surface area is 86.8 Å². The molecule has 0 atom stereocenters. The molecule has 1 heterocycles. The molecule has 0 saturated heterocycles. The van der Waals surface area contributed by atoms with Crippen LogP contribution >= 0.6 is 11.6 Å². The van der Waals surface area contributed by atoms with E-state index in [-0.39, 0.29) is 0 Å². The Morgan fingerprint density at radius 1 is 1.43 bits per heavy atom. The number of benzene rings is 1. The Balaban J connectivity index is 2.92. The van der Waals surface area contributed by atoms with Gasteiger partial charge in [-0.15, -0.1) is 0 Å². The van der Waals surface area contributed by atoms with E-state index in [1.165, 1.54) is 6.20 Å². The van der Waals surface area contributed by atoms with Gasteiger partial charge in [-0.05, 0) is 12.5 Å². The minimum absolute atomic E-state index is 0.421. The van der Waals surface area contributed by atoms with E-state index >= 15 is 0 Å². The van der Waals surface area contributed by atoms with E-state index in [0.717, 1.165) is 16.5 Å². The number of pyridine rings is 1. The molecular formula is C11H7ClN2. The lowest BCUT2D eigenvalue weighted by atomic mass is 10.1. The molecule has 2 nitrogen and oxygen atoms in total. The second kappa shape index (κ2) is 3.28. The van der Waals surface area contributed by atoms with Gasteiger partial charge in [0.05, 0.1) is 16.1 Å². The molecule has 3 heteroatoms. The number of fused-ring (bicyclic) bond motifs is 1. The molecule has 0 spiro atoms. The van der Waals surface area contributed by atoms with Gasteiger partial charge in [0.1, 0.15) is 6.07 Å². The van der Waals surface area contributed by atoms with Crippen molar-refractivity contribution >= 4 is 22.5 Å². The van der Waals surface area contributed by atoms with E-state index in [1.54, 1.807) is 0 Å². The van der Waals surface area contributed by atoms with Crippen molar-refractivity contribution in [3.05, 3.63) is 40.5 Å². The number of para-hydroxylation sites is 1. The summed E-state index contributed by atoms with van der Waals surface area (Å²) in [4.78, 5) is 4.21. The Morgan fingerprint density at radius 2 is 2.21 bits per heavy atom. The normalized spacial score (nSPS) is 10.1. The third-order valence-electron chi connectivity index (χ3n) is 2.15. The van der Waals surface area contributed by atoms with Crippen LogP contribution < -0.4 is 0 Å². The molecule has 1 aromatic carbocycles. The van der Waals surface area contributed by atoms with Crippen molar-refractivity contribution in [1.82, 2.24) is 4.98 Å². The number of aryl methyl sites for hydroxylation is 1. The van der Waals surface area contributed by atoms with Crippen molar-refractivity contribution in [2.75, 3.05) is 0 Å². The van der Waals surface area contributed by atoms with Gasteiger partial charge in [-0.3, -0.25) is 4.98 Å². The van der Waals surface area contributed by atoms with E-state index in [2.05, 4.69) is 4.98 Å². The molecule has 0 radical (unpaired) electrons. The largest absolute Gasteiger partial charge is 0.254 e. The third kappa shape index (κ3) is 1.23. The average molecular weight is 203 g/mol. The van der Waals surface area contributed by atoms with Crippen LogP contribution in [0.2, 0.25) is 5.02 Å². The molecule has 1 aromatic heterocycles. The van der Waals surface area contributed by atoms with Crippen molar-refractivity contribution in [2.24, 2.45) is 0 Å². The first-order valence-electron chi connectivity index (χ1n) is 4.18. The number of nitrogens with zero attached hydrogens (tertiary/aromatic N) is 2. The van der Waals surface area contributed by atoms with Gasteiger partial charge < -0.3 is 0 Å². The minimum Gasteiger partial charge on any atom is -0.254 e. The summed E-state index contributed by atoms with van der Waals surface area (Å²) in [5.74, 6) is 0. The first-order valence-corrected chi connectivity index (χ1v) is 4.56. The quantitative estimate of drug-likeness (QED) is 0.658. The molecule has 0 fully saturated rings. The summed E-state index contributed by atoms with van der Waals surface area (Å²) in [6.45, 7) is 1.97. The molecule has 14 heavy (non-hydrogen) atoms. The number of halogens is 1. The molecule has 0 N–H and O–H groups in total. The number of rotatable bonds is 0. The fourth-order valence-corrected chi connectivity index (χ4v) is 1.66. The van der Waals surface area contributed by atoms with Crippen LogP contribution in [0.4, 0.5) is 0 Å². The maximum absolute atomic E-state index is 8.77. The van der Waals surface area contributed by atoms with Gasteiger partial charge in [-0.2, -0.15) is 5.26 Å². The zero-order valence-electron chi connectivity index (χ0n) is 7.58. The van der Waals surface area contributed by atoms with Gasteiger partial charge in [0.15, 0.2) is 0 Å². The lowest BCUT2D eigenvalue weighted by Gasteiger charge is -2.03. The molecule has 0 aliphatic rings. The second-order valence-corrected chi connectivity index (χ2v) is 3.45. The van der Waals surface area contributed by atoms with Crippen molar-refractivity contribution in [3.8, 4) is 6.07 Å². The third-order valence-corrected chi connectivity index (χ3v) is 2.56. The Kier molecular flexibility index (Phi) is 2.11. The zero-order chi connectivity index (χ0) is 10.1. The highest BCUT2D eigenvalue weighted by atomic mass is 35.5. The number of hydrogen-bond donors (Lipinski definition) is 0. The molecule has 0 amide bonds. The molecule has 2 rings (SSSR count).